The summed E-state index contributed by atoms with van der Waals surface area (Å²) in [5.74, 6) is -0.962. The maximum absolute atomic E-state index is 12.8. The summed E-state index contributed by atoms with van der Waals surface area (Å²) < 4.78 is 16.8. The van der Waals surface area contributed by atoms with E-state index in [-0.39, 0.29) is 37.5 Å². The molecule has 0 aromatic carbocycles. The van der Waals surface area contributed by atoms with Crippen molar-refractivity contribution in [3.8, 4) is 0 Å². The predicted molar refractivity (Wildman–Crippen MR) is 293 cm³/mol. The van der Waals surface area contributed by atoms with Crippen molar-refractivity contribution >= 4 is 17.9 Å². The number of allylic oxidation sites excluding steroid dienone is 16. The van der Waals surface area contributed by atoms with Gasteiger partial charge < -0.3 is 14.2 Å². The molecular formula is C62H104O6. The summed E-state index contributed by atoms with van der Waals surface area (Å²) in [5, 5.41) is 0. The number of carbonyl (C=O) groups is 3. The Hall–Kier alpha value is -3.67. The van der Waals surface area contributed by atoms with Crippen LogP contribution in [0.15, 0.2) is 97.2 Å². The van der Waals surface area contributed by atoms with Crippen molar-refractivity contribution in [3.63, 3.8) is 0 Å². The van der Waals surface area contributed by atoms with Gasteiger partial charge in [0.1, 0.15) is 13.2 Å². The third-order valence-corrected chi connectivity index (χ3v) is 11.8. The van der Waals surface area contributed by atoms with Crippen molar-refractivity contribution in [1.29, 1.82) is 0 Å². The lowest BCUT2D eigenvalue weighted by molar-refractivity contribution is -0.167. The smallest absolute Gasteiger partial charge is 0.306 e. The number of hydrogen-bond acceptors (Lipinski definition) is 6. The first-order valence-electron chi connectivity index (χ1n) is 28.2. The van der Waals surface area contributed by atoms with Crippen molar-refractivity contribution in [2.75, 3.05) is 13.2 Å². The van der Waals surface area contributed by atoms with Crippen LogP contribution < -0.4 is 0 Å². The molecule has 0 unspecified atom stereocenters. The Morgan fingerprint density at radius 1 is 0.294 bits per heavy atom. The van der Waals surface area contributed by atoms with Crippen LogP contribution in [0.2, 0.25) is 0 Å². The molecule has 0 aliphatic carbocycles. The predicted octanol–water partition coefficient (Wildman–Crippen LogP) is 18.9. The van der Waals surface area contributed by atoms with Gasteiger partial charge in [-0.05, 0) is 109 Å². The van der Waals surface area contributed by atoms with E-state index in [2.05, 4.69) is 118 Å². The van der Waals surface area contributed by atoms with E-state index in [1.807, 2.05) is 0 Å². The number of esters is 3. The Kier molecular flexibility index (Phi) is 52.9. The minimum absolute atomic E-state index is 0.0999. The molecule has 0 aliphatic heterocycles. The molecule has 1 atom stereocenters. The molecule has 0 saturated carbocycles. The second kappa shape index (κ2) is 55.9. The molecule has 0 spiro atoms. The van der Waals surface area contributed by atoms with Gasteiger partial charge in [0.15, 0.2) is 6.10 Å². The van der Waals surface area contributed by atoms with Gasteiger partial charge in [-0.15, -0.1) is 0 Å². The van der Waals surface area contributed by atoms with Crippen LogP contribution in [0.3, 0.4) is 0 Å². The summed E-state index contributed by atoms with van der Waals surface area (Å²) in [6.45, 7) is 6.53. The Labute approximate surface area is 419 Å². The minimum atomic E-state index is -0.807. The molecule has 0 aromatic heterocycles. The molecule has 0 aromatic rings. The molecule has 388 valence electrons. The fraction of sp³-hybridized carbons (Fsp3) is 0.694. The van der Waals surface area contributed by atoms with Gasteiger partial charge in [0.05, 0.1) is 0 Å². The van der Waals surface area contributed by atoms with Gasteiger partial charge in [0.2, 0.25) is 0 Å². The Bertz CT molecular complexity index is 1360. The van der Waals surface area contributed by atoms with Crippen LogP contribution in [0.25, 0.3) is 0 Å². The molecule has 0 radical (unpaired) electrons. The first-order chi connectivity index (χ1) is 33.5. The maximum atomic E-state index is 12.8. The highest BCUT2D eigenvalue weighted by Crippen LogP contribution is 2.14. The van der Waals surface area contributed by atoms with Crippen LogP contribution in [0.5, 0.6) is 0 Å². The van der Waals surface area contributed by atoms with Crippen molar-refractivity contribution in [2.45, 2.75) is 264 Å². The SMILES string of the molecule is CCCCC/C=C\C/C=C\C/C=C\C/C=C\CCCCCC(=O)OC[C@H](COC(=O)CCCCCCCCCCCCCC)OC(=O)CCCCC/C=C\C/C=C\C/C=C\C/C=C\CCCCC. The lowest BCUT2D eigenvalue weighted by Crippen LogP contribution is -2.30. The molecule has 6 nitrogen and oxygen atoms in total. The fourth-order valence-corrected chi connectivity index (χ4v) is 7.53. The van der Waals surface area contributed by atoms with Gasteiger partial charge in [-0.2, -0.15) is 0 Å². The summed E-state index contributed by atoms with van der Waals surface area (Å²) in [5.41, 5.74) is 0. The van der Waals surface area contributed by atoms with Crippen molar-refractivity contribution in [3.05, 3.63) is 97.2 Å². The zero-order valence-corrected chi connectivity index (χ0v) is 44.3. The molecule has 0 aliphatic rings. The minimum Gasteiger partial charge on any atom is -0.462 e. The van der Waals surface area contributed by atoms with Crippen molar-refractivity contribution < 1.29 is 28.6 Å². The summed E-state index contributed by atoms with van der Waals surface area (Å²) in [6.07, 6.45) is 73.9. The van der Waals surface area contributed by atoms with Gasteiger partial charge in [-0.1, -0.05) is 227 Å². The third kappa shape index (κ3) is 53.3. The van der Waals surface area contributed by atoms with Gasteiger partial charge in [0.25, 0.3) is 0 Å². The quantitative estimate of drug-likeness (QED) is 0.0262. The topological polar surface area (TPSA) is 78.9 Å². The molecular weight excluding hydrogens is 841 g/mol. The van der Waals surface area contributed by atoms with E-state index >= 15 is 0 Å². The zero-order valence-electron chi connectivity index (χ0n) is 44.3. The number of carbonyl (C=O) groups excluding carboxylic acids is 3. The van der Waals surface area contributed by atoms with Gasteiger partial charge in [-0.3, -0.25) is 14.4 Å². The first-order valence-corrected chi connectivity index (χ1v) is 28.2. The number of hydrogen-bond donors (Lipinski definition) is 0. The standard InChI is InChI=1S/C62H104O6/c1-4-7-10-13-16-19-22-25-27-29-31-33-35-37-40-43-46-49-52-55-61(64)67-58-59(57-66-60(63)54-51-48-45-42-39-24-21-18-15-12-9-6-3)68-62(65)56-53-50-47-44-41-38-36-34-32-30-28-26-23-20-17-14-11-8-5-2/h16-17,19-20,25-28,31-34,37-38,40-41,59H,4-15,18,21-24,29-30,35-36,39,42-58H2,1-3H3/b19-16-,20-17-,27-25-,28-26-,33-31-,34-32-,40-37-,41-38-/t59-/m0/s1. The average molecular weight is 946 g/mol. The largest absolute Gasteiger partial charge is 0.462 e. The van der Waals surface area contributed by atoms with E-state index in [0.717, 1.165) is 109 Å². The molecule has 0 saturated heterocycles. The molecule has 0 bridgehead atoms. The second-order valence-electron chi connectivity index (χ2n) is 18.5. The average Bonchev–Trinajstić information content (AvgIpc) is 3.34. The Morgan fingerprint density at radius 3 is 0.853 bits per heavy atom. The fourth-order valence-electron chi connectivity index (χ4n) is 7.53. The molecule has 6 heteroatoms. The van der Waals surface area contributed by atoms with E-state index in [4.69, 9.17) is 14.2 Å². The number of ether oxygens (including phenoxy) is 3. The Morgan fingerprint density at radius 2 is 0.529 bits per heavy atom. The van der Waals surface area contributed by atoms with Crippen LogP contribution in [-0.2, 0) is 28.6 Å². The van der Waals surface area contributed by atoms with Crippen LogP contribution in [0.4, 0.5) is 0 Å². The highest BCUT2D eigenvalue weighted by atomic mass is 16.6. The van der Waals surface area contributed by atoms with E-state index in [1.54, 1.807) is 0 Å². The Balaban J connectivity index is 4.50. The van der Waals surface area contributed by atoms with E-state index in [0.29, 0.717) is 12.8 Å². The monoisotopic (exact) mass is 945 g/mol. The van der Waals surface area contributed by atoms with E-state index in [9.17, 15) is 14.4 Å². The lowest BCUT2D eigenvalue weighted by atomic mass is 10.0. The van der Waals surface area contributed by atoms with Crippen molar-refractivity contribution in [2.24, 2.45) is 0 Å². The van der Waals surface area contributed by atoms with Gasteiger partial charge in [0, 0.05) is 19.3 Å². The summed E-state index contributed by atoms with van der Waals surface area (Å²) in [7, 11) is 0. The highest BCUT2D eigenvalue weighted by molar-refractivity contribution is 5.71. The zero-order chi connectivity index (χ0) is 49.3. The van der Waals surface area contributed by atoms with Crippen LogP contribution in [0, 0.1) is 0 Å². The normalized spacial score (nSPS) is 12.8. The second-order valence-corrected chi connectivity index (χ2v) is 18.5. The number of unbranched alkanes of at least 4 members (excludes halogenated alkanes) is 23. The third-order valence-electron chi connectivity index (χ3n) is 11.8. The maximum Gasteiger partial charge on any atom is 0.306 e. The lowest BCUT2D eigenvalue weighted by Gasteiger charge is -2.18. The van der Waals surface area contributed by atoms with E-state index in [1.165, 1.54) is 109 Å². The van der Waals surface area contributed by atoms with Gasteiger partial charge in [-0.25, -0.2) is 0 Å². The van der Waals surface area contributed by atoms with Gasteiger partial charge >= 0.3 is 17.9 Å². The van der Waals surface area contributed by atoms with Crippen LogP contribution in [-0.4, -0.2) is 37.2 Å². The summed E-state index contributed by atoms with van der Waals surface area (Å²) in [6, 6.07) is 0. The molecule has 68 heavy (non-hydrogen) atoms. The summed E-state index contributed by atoms with van der Waals surface area (Å²) >= 11 is 0. The van der Waals surface area contributed by atoms with E-state index < -0.39 is 6.10 Å². The molecule has 0 amide bonds. The number of rotatable bonds is 50. The van der Waals surface area contributed by atoms with Crippen LogP contribution >= 0.6 is 0 Å². The van der Waals surface area contributed by atoms with Crippen molar-refractivity contribution in [1.82, 2.24) is 0 Å². The molecule has 0 rings (SSSR count). The van der Waals surface area contributed by atoms with Crippen LogP contribution in [0.1, 0.15) is 258 Å². The molecule has 0 fully saturated rings. The highest BCUT2D eigenvalue weighted by Gasteiger charge is 2.19. The molecule has 0 heterocycles. The first kappa shape index (κ1) is 64.3. The molecule has 0 N–H and O–H groups in total. The summed E-state index contributed by atoms with van der Waals surface area (Å²) in [4.78, 5) is 38.1.